The van der Waals surface area contributed by atoms with Crippen molar-refractivity contribution in [3.8, 4) is 0 Å². The van der Waals surface area contributed by atoms with Gasteiger partial charge in [0.05, 0.1) is 11.4 Å². The van der Waals surface area contributed by atoms with Crippen molar-refractivity contribution in [2.24, 2.45) is 5.92 Å². The summed E-state index contributed by atoms with van der Waals surface area (Å²) >= 11 is 18.7. The predicted molar refractivity (Wildman–Crippen MR) is 133 cm³/mol. The molecule has 0 spiro atoms. The van der Waals surface area contributed by atoms with E-state index in [-0.39, 0.29) is 11.8 Å². The topological polar surface area (TPSA) is 57.3 Å². The zero-order valence-corrected chi connectivity index (χ0v) is 19.9. The van der Waals surface area contributed by atoms with E-state index < -0.39 is 0 Å². The highest BCUT2D eigenvalue weighted by Crippen LogP contribution is 2.28. The number of nitrogens with zero attached hydrogens (tertiary/aromatic N) is 2. The molecular formula is C24H25Cl3N4O. The molecule has 2 aromatic carbocycles. The molecule has 0 radical (unpaired) electrons. The molecule has 1 aliphatic rings. The number of benzene rings is 2. The lowest BCUT2D eigenvalue weighted by molar-refractivity contribution is -0.126. The first-order chi connectivity index (χ1) is 15.5. The fraction of sp³-hybridized carbons (Fsp3) is 0.333. The molecule has 3 aromatic rings. The second kappa shape index (κ2) is 10.7. The summed E-state index contributed by atoms with van der Waals surface area (Å²) in [5.41, 5.74) is 2.74. The minimum atomic E-state index is -0.0334. The number of anilines is 1. The SMILES string of the molecule is O=C(NCCNc1ccnc2cc(Cl)ccc12)[C@@H]1CCCN(Cc2c(Cl)cccc2Cl)C1. The van der Waals surface area contributed by atoms with Crippen molar-refractivity contribution in [1.82, 2.24) is 15.2 Å². The highest BCUT2D eigenvalue weighted by atomic mass is 35.5. The molecule has 8 heteroatoms. The lowest BCUT2D eigenvalue weighted by atomic mass is 9.96. The van der Waals surface area contributed by atoms with Crippen molar-refractivity contribution in [1.29, 1.82) is 0 Å². The minimum absolute atomic E-state index is 0.0334. The Bertz CT molecular complexity index is 1090. The lowest BCUT2D eigenvalue weighted by Crippen LogP contribution is -2.43. The summed E-state index contributed by atoms with van der Waals surface area (Å²) in [6.07, 6.45) is 3.62. The summed E-state index contributed by atoms with van der Waals surface area (Å²) in [5.74, 6) is 0.0574. The maximum absolute atomic E-state index is 12.7. The van der Waals surface area contributed by atoms with Crippen LogP contribution in [0.1, 0.15) is 18.4 Å². The van der Waals surface area contributed by atoms with Gasteiger partial charge < -0.3 is 10.6 Å². The van der Waals surface area contributed by atoms with Crippen LogP contribution in [0, 0.1) is 5.92 Å². The van der Waals surface area contributed by atoms with Gasteiger partial charge in [0, 0.05) is 64.1 Å². The number of rotatable bonds is 7. The van der Waals surface area contributed by atoms with Gasteiger partial charge in [-0.25, -0.2) is 0 Å². The monoisotopic (exact) mass is 490 g/mol. The quantitative estimate of drug-likeness (QED) is 0.420. The standard InChI is InChI=1S/C24H25Cl3N4O/c25-17-6-7-18-22(8-9-28-23(18)13-17)29-10-11-30-24(32)16-3-2-12-31(14-16)15-19-20(26)4-1-5-21(19)27/h1,4-9,13,16H,2-3,10-12,14-15H2,(H,28,29)(H,30,32)/t16-/m1/s1. The number of carbonyl (C=O) groups is 1. The molecule has 0 unspecified atom stereocenters. The highest BCUT2D eigenvalue weighted by Gasteiger charge is 2.26. The van der Waals surface area contributed by atoms with Gasteiger partial charge in [-0.3, -0.25) is 14.7 Å². The number of nitrogens with one attached hydrogen (secondary N) is 2. The van der Waals surface area contributed by atoms with E-state index >= 15 is 0 Å². The summed E-state index contributed by atoms with van der Waals surface area (Å²) in [6.45, 7) is 3.47. The molecule has 1 aromatic heterocycles. The van der Waals surface area contributed by atoms with Gasteiger partial charge in [0.1, 0.15) is 0 Å². The van der Waals surface area contributed by atoms with Crippen molar-refractivity contribution in [2.75, 3.05) is 31.5 Å². The van der Waals surface area contributed by atoms with E-state index in [1.54, 1.807) is 6.20 Å². The molecule has 4 rings (SSSR count). The molecule has 168 valence electrons. The molecule has 2 heterocycles. The summed E-state index contributed by atoms with van der Waals surface area (Å²) in [5, 5.41) is 9.45. The van der Waals surface area contributed by atoms with Crippen molar-refractivity contribution in [2.45, 2.75) is 19.4 Å². The van der Waals surface area contributed by atoms with Crippen LogP contribution in [0.4, 0.5) is 5.69 Å². The molecule has 0 bridgehead atoms. The molecule has 1 atom stereocenters. The first-order valence-corrected chi connectivity index (χ1v) is 11.9. The molecule has 2 N–H and O–H groups in total. The normalized spacial score (nSPS) is 16.8. The molecule has 0 aliphatic carbocycles. The van der Waals surface area contributed by atoms with E-state index in [1.807, 2.05) is 42.5 Å². The molecule has 1 fully saturated rings. The number of hydrogen-bond donors (Lipinski definition) is 2. The summed E-state index contributed by atoms with van der Waals surface area (Å²) in [4.78, 5) is 19.4. The van der Waals surface area contributed by atoms with Crippen molar-refractivity contribution in [3.05, 3.63) is 69.3 Å². The fourth-order valence-electron chi connectivity index (χ4n) is 4.12. The number of hydrogen-bond acceptors (Lipinski definition) is 4. The Morgan fingerprint density at radius 2 is 1.91 bits per heavy atom. The van der Waals surface area contributed by atoms with Crippen LogP contribution in [0.3, 0.4) is 0 Å². The maximum Gasteiger partial charge on any atom is 0.224 e. The Morgan fingerprint density at radius 3 is 2.72 bits per heavy atom. The van der Waals surface area contributed by atoms with Gasteiger partial charge in [0.15, 0.2) is 0 Å². The van der Waals surface area contributed by atoms with Crippen LogP contribution in [0.2, 0.25) is 15.1 Å². The molecular weight excluding hydrogens is 467 g/mol. The lowest BCUT2D eigenvalue weighted by Gasteiger charge is -2.32. The van der Waals surface area contributed by atoms with Gasteiger partial charge in [-0.05, 0) is 55.8 Å². The third-order valence-corrected chi connectivity index (χ3v) is 6.71. The number of likely N-dealkylation sites (tertiary alicyclic amines) is 1. The summed E-state index contributed by atoms with van der Waals surface area (Å²) < 4.78 is 0. The molecule has 1 aliphatic heterocycles. The van der Waals surface area contributed by atoms with E-state index in [0.717, 1.165) is 41.5 Å². The third-order valence-electron chi connectivity index (χ3n) is 5.76. The summed E-state index contributed by atoms with van der Waals surface area (Å²) in [6, 6.07) is 13.1. The average Bonchev–Trinajstić information content (AvgIpc) is 2.79. The smallest absolute Gasteiger partial charge is 0.224 e. The molecule has 5 nitrogen and oxygen atoms in total. The zero-order valence-electron chi connectivity index (χ0n) is 17.6. The second-order valence-corrected chi connectivity index (χ2v) is 9.26. The van der Waals surface area contributed by atoms with E-state index in [2.05, 4.69) is 20.5 Å². The fourth-order valence-corrected chi connectivity index (χ4v) is 4.81. The number of fused-ring (bicyclic) bond motifs is 1. The van der Waals surface area contributed by atoms with Crippen molar-refractivity contribution < 1.29 is 4.79 Å². The Balaban J connectivity index is 1.27. The molecule has 1 saturated heterocycles. The number of halogens is 3. The summed E-state index contributed by atoms with van der Waals surface area (Å²) in [7, 11) is 0. The van der Waals surface area contributed by atoms with Gasteiger partial charge in [-0.15, -0.1) is 0 Å². The van der Waals surface area contributed by atoms with Gasteiger partial charge in [0.25, 0.3) is 0 Å². The zero-order chi connectivity index (χ0) is 22.5. The van der Waals surface area contributed by atoms with E-state index in [4.69, 9.17) is 34.8 Å². The number of amides is 1. The molecule has 0 saturated carbocycles. The first-order valence-electron chi connectivity index (χ1n) is 10.7. The van der Waals surface area contributed by atoms with Crippen LogP contribution in [-0.2, 0) is 11.3 Å². The largest absolute Gasteiger partial charge is 0.383 e. The number of pyridine rings is 1. The van der Waals surface area contributed by atoms with E-state index in [0.29, 0.717) is 41.2 Å². The number of carbonyl (C=O) groups excluding carboxylic acids is 1. The minimum Gasteiger partial charge on any atom is -0.383 e. The van der Waals surface area contributed by atoms with Gasteiger partial charge in [0.2, 0.25) is 5.91 Å². The maximum atomic E-state index is 12.7. The highest BCUT2D eigenvalue weighted by molar-refractivity contribution is 6.36. The van der Waals surface area contributed by atoms with Crippen LogP contribution in [0.15, 0.2) is 48.7 Å². The van der Waals surface area contributed by atoms with E-state index in [9.17, 15) is 4.79 Å². The Hall–Kier alpha value is -2.05. The third kappa shape index (κ3) is 5.65. The Labute approximate surface area is 203 Å². The first kappa shape index (κ1) is 23.1. The molecule has 32 heavy (non-hydrogen) atoms. The van der Waals surface area contributed by atoms with Crippen molar-refractivity contribution in [3.63, 3.8) is 0 Å². The van der Waals surface area contributed by atoms with Crippen LogP contribution in [0.5, 0.6) is 0 Å². The molecule has 1 amide bonds. The van der Waals surface area contributed by atoms with E-state index in [1.165, 1.54) is 0 Å². The number of aromatic nitrogens is 1. The predicted octanol–water partition coefficient (Wildman–Crippen LogP) is 5.64. The second-order valence-electron chi connectivity index (χ2n) is 8.01. The Morgan fingerprint density at radius 1 is 1.09 bits per heavy atom. The van der Waals surface area contributed by atoms with Crippen LogP contribution < -0.4 is 10.6 Å². The van der Waals surface area contributed by atoms with Crippen LogP contribution in [-0.4, -0.2) is 42.0 Å². The van der Waals surface area contributed by atoms with Crippen LogP contribution in [0.25, 0.3) is 10.9 Å². The average molecular weight is 492 g/mol. The van der Waals surface area contributed by atoms with Gasteiger partial charge in [-0.2, -0.15) is 0 Å². The Kier molecular flexibility index (Phi) is 7.74. The van der Waals surface area contributed by atoms with Crippen molar-refractivity contribution >= 4 is 57.3 Å². The van der Waals surface area contributed by atoms with Gasteiger partial charge in [-0.1, -0.05) is 40.9 Å². The van der Waals surface area contributed by atoms with Gasteiger partial charge >= 0.3 is 0 Å². The number of piperidine rings is 1. The van der Waals surface area contributed by atoms with Crippen LogP contribution >= 0.6 is 34.8 Å².